The van der Waals surface area contributed by atoms with E-state index in [1.807, 2.05) is 66.7 Å². The maximum absolute atomic E-state index is 6.36. The summed E-state index contributed by atoms with van der Waals surface area (Å²) in [7, 11) is 0. The Morgan fingerprint density at radius 3 is 1.87 bits per heavy atom. The van der Waals surface area contributed by atoms with Crippen molar-refractivity contribution in [2.24, 2.45) is 0 Å². The van der Waals surface area contributed by atoms with Crippen LogP contribution in [-0.4, -0.2) is 16.7 Å². The van der Waals surface area contributed by atoms with E-state index >= 15 is 0 Å². The van der Waals surface area contributed by atoms with E-state index in [1.165, 1.54) is 0 Å². The molecule has 0 saturated heterocycles. The molecular weight excluding hydrogens is 385 g/mol. The van der Waals surface area contributed by atoms with Crippen molar-refractivity contribution >= 4 is 51.5 Å². The smallest absolute Gasteiger partial charge is 0.266 e. The van der Waals surface area contributed by atoms with Crippen LogP contribution in [0.2, 0.25) is 0 Å². The zero-order chi connectivity index (χ0) is 20.1. The van der Waals surface area contributed by atoms with Gasteiger partial charge in [-0.3, -0.25) is 4.90 Å². The lowest BCUT2D eigenvalue weighted by Gasteiger charge is -2.41. The van der Waals surface area contributed by atoms with E-state index in [1.54, 1.807) is 0 Å². The first-order chi connectivity index (χ1) is 15.4. The number of para-hydroxylation sites is 2. The molecule has 8 rings (SSSR count). The second kappa shape index (κ2) is 5.29. The van der Waals surface area contributed by atoms with Gasteiger partial charge in [-0.25, -0.2) is 4.98 Å². The standard InChI is InChI=1S/C25H14BN3O2/c1-2-7-15-14(6-1)27-25(28-15)29-16-8-3-10-18-22(16)26-23-17(29)9-4-11-19(23)31-21-13-5-12-20(30-18)24(21)26/h1-13H,(H,27,28). The third-order valence-corrected chi connectivity index (χ3v) is 6.49. The first-order valence-corrected chi connectivity index (χ1v) is 10.4. The second-order valence-corrected chi connectivity index (χ2v) is 8.10. The van der Waals surface area contributed by atoms with Gasteiger partial charge in [0.1, 0.15) is 23.0 Å². The topological polar surface area (TPSA) is 50.4 Å². The largest absolute Gasteiger partial charge is 0.458 e. The van der Waals surface area contributed by atoms with Gasteiger partial charge in [-0.05, 0) is 59.5 Å². The van der Waals surface area contributed by atoms with Crippen molar-refractivity contribution in [3.8, 4) is 23.0 Å². The average molecular weight is 399 g/mol. The minimum atomic E-state index is 0.0757. The van der Waals surface area contributed by atoms with Crippen LogP contribution in [0.1, 0.15) is 0 Å². The number of aromatic amines is 1. The predicted molar refractivity (Wildman–Crippen MR) is 122 cm³/mol. The zero-order valence-corrected chi connectivity index (χ0v) is 16.3. The van der Waals surface area contributed by atoms with Crippen molar-refractivity contribution in [1.82, 2.24) is 9.97 Å². The highest BCUT2D eigenvalue weighted by molar-refractivity contribution is 7.00. The van der Waals surface area contributed by atoms with E-state index in [4.69, 9.17) is 14.5 Å². The molecule has 0 atom stereocenters. The number of nitrogens with zero attached hydrogens (tertiary/aromatic N) is 2. The highest BCUT2D eigenvalue weighted by atomic mass is 16.5. The Bertz CT molecular complexity index is 1470. The maximum Gasteiger partial charge on any atom is 0.266 e. The number of rotatable bonds is 1. The summed E-state index contributed by atoms with van der Waals surface area (Å²) in [5.41, 5.74) is 7.52. The van der Waals surface area contributed by atoms with Gasteiger partial charge in [0.15, 0.2) is 0 Å². The summed E-state index contributed by atoms with van der Waals surface area (Å²) in [6, 6.07) is 26.6. The molecular formula is C25H14BN3O2. The number of H-pyrrole nitrogens is 1. The van der Waals surface area contributed by atoms with Gasteiger partial charge < -0.3 is 14.5 Å². The van der Waals surface area contributed by atoms with E-state index in [9.17, 15) is 0 Å². The van der Waals surface area contributed by atoms with Crippen LogP contribution in [0.25, 0.3) is 11.0 Å². The van der Waals surface area contributed by atoms with Crippen molar-refractivity contribution < 1.29 is 9.47 Å². The minimum absolute atomic E-state index is 0.0757. The lowest BCUT2D eigenvalue weighted by molar-refractivity contribution is 0.464. The van der Waals surface area contributed by atoms with Crippen molar-refractivity contribution in [3.05, 3.63) is 78.9 Å². The van der Waals surface area contributed by atoms with Crippen LogP contribution in [0.5, 0.6) is 23.0 Å². The predicted octanol–water partition coefficient (Wildman–Crippen LogP) is 4.07. The molecule has 4 aromatic carbocycles. The summed E-state index contributed by atoms with van der Waals surface area (Å²) >= 11 is 0. The van der Waals surface area contributed by atoms with E-state index < -0.39 is 0 Å². The Hall–Kier alpha value is -4.19. The number of fused-ring (bicyclic) bond motifs is 1. The molecule has 0 saturated carbocycles. The molecule has 4 heterocycles. The third kappa shape index (κ3) is 1.86. The highest BCUT2D eigenvalue weighted by Crippen LogP contribution is 2.44. The van der Waals surface area contributed by atoms with Gasteiger partial charge in [-0.15, -0.1) is 0 Å². The number of hydrogen-bond acceptors (Lipinski definition) is 4. The van der Waals surface area contributed by atoms with Gasteiger partial charge in [0.2, 0.25) is 5.95 Å². The Kier molecular flexibility index (Phi) is 2.67. The Morgan fingerprint density at radius 2 is 1.23 bits per heavy atom. The molecule has 0 spiro atoms. The Labute approximate surface area is 178 Å². The number of benzene rings is 4. The highest BCUT2D eigenvalue weighted by Gasteiger charge is 2.47. The maximum atomic E-state index is 6.36. The molecule has 144 valence electrons. The van der Waals surface area contributed by atoms with Gasteiger partial charge in [0, 0.05) is 16.8 Å². The molecule has 1 N–H and O–H groups in total. The van der Waals surface area contributed by atoms with Crippen molar-refractivity contribution in [2.75, 3.05) is 4.90 Å². The molecule has 5 aromatic rings. The quantitative estimate of drug-likeness (QED) is 0.423. The van der Waals surface area contributed by atoms with E-state index in [2.05, 4.69) is 22.0 Å². The molecule has 31 heavy (non-hydrogen) atoms. The molecule has 3 aliphatic heterocycles. The molecule has 0 fully saturated rings. The number of anilines is 3. The van der Waals surface area contributed by atoms with Crippen LogP contribution in [0, 0.1) is 0 Å². The van der Waals surface area contributed by atoms with Gasteiger partial charge in [0.05, 0.1) is 11.0 Å². The fourth-order valence-corrected chi connectivity index (χ4v) is 5.27. The van der Waals surface area contributed by atoms with E-state index in [-0.39, 0.29) is 6.71 Å². The van der Waals surface area contributed by atoms with Crippen LogP contribution in [-0.2, 0) is 0 Å². The summed E-state index contributed by atoms with van der Waals surface area (Å²) in [5.74, 6) is 4.28. The fourth-order valence-electron chi connectivity index (χ4n) is 5.27. The molecule has 0 unspecified atom stereocenters. The Balaban J connectivity index is 1.49. The number of nitrogens with one attached hydrogen (secondary N) is 1. The van der Waals surface area contributed by atoms with Crippen LogP contribution >= 0.6 is 0 Å². The number of aromatic nitrogens is 2. The molecule has 1 aromatic heterocycles. The minimum Gasteiger partial charge on any atom is -0.458 e. The molecule has 6 heteroatoms. The summed E-state index contributed by atoms with van der Waals surface area (Å²) in [4.78, 5) is 10.6. The van der Waals surface area contributed by atoms with E-state index in [0.29, 0.717) is 0 Å². The van der Waals surface area contributed by atoms with Crippen molar-refractivity contribution in [3.63, 3.8) is 0 Å². The molecule has 0 amide bonds. The number of ether oxygens (including phenoxy) is 2. The van der Waals surface area contributed by atoms with Gasteiger partial charge in [0.25, 0.3) is 6.71 Å². The molecule has 0 bridgehead atoms. The van der Waals surface area contributed by atoms with Crippen molar-refractivity contribution in [1.29, 1.82) is 0 Å². The van der Waals surface area contributed by atoms with Crippen LogP contribution < -0.4 is 30.8 Å². The molecule has 5 nitrogen and oxygen atoms in total. The lowest BCUT2D eigenvalue weighted by atomic mass is 9.33. The summed E-state index contributed by atoms with van der Waals surface area (Å²) in [6.45, 7) is 0.0757. The van der Waals surface area contributed by atoms with Gasteiger partial charge >= 0.3 is 0 Å². The third-order valence-electron chi connectivity index (χ3n) is 6.49. The van der Waals surface area contributed by atoms with Gasteiger partial charge in [-0.1, -0.05) is 30.3 Å². The van der Waals surface area contributed by atoms with Crippen LogP contribution in [0.4, 0.5) is 17.3 Å². The van der Waals surface area contributed by atoms with Crippen LogP contribution in [0.15, 0.2) is 78.9 Å². The first kappa shape index (κ1) is 15.6. The summed E-state index contributed by atoms with van der Waals surface area (Å²) in [5, 5.41) is 0. The van der Waals surface area contributed by atoms with Gasteiger partial charge in [-0.2, -0.15) is 0 Å². The van der Waals surface area contributed by atoms with Crippen molar-refractivity contribution in [2.45, 2.75) is 0 Å². The number of imidazole rings is 1. The fraction of sp³-hybridized carbons (Fsp3) is 0. The Morgan fingerprint density at radius 1 is 0.645 bits per heavy atom. The van der Waals surface area contributed by atoms with Crippen LogP contribution in [0.3, 0.4) is 0 Å². The average Bonchev–Trinajstić information content (AvgIpc) is 3.23. The summed E-state index contributed by atoms with van der Waals surface area (Å²) < 4.78 is 12.7. The monoisotopic (exact) mass is 399 g/mol. The SMILES string of the molecule is c1cc2c3c(c1)Oc1cccc4c1B3c1c(cccc1N4c1nc3ccccc3[nH]1)O2. The molecule has 0 radical (unpaired) electrons. The normalized spacial score (nSPS) is 14.2. The zero-order valence-electron chi connectivity index (χ0n) is 16.3. The first-order valence-electron chi connectivity index (χ1n) is 10.4. The van der Waals surface area contributed by atoms with E-state index in [0.717, 1.165) is 67.7 Å². The number of hydrogen-bond donors (Lipinski definition) is 1. The second-order valence-electron chi connectivity index (χ2n) is 8.10. The lowest BCUT2D eigenvalue weighted by Crippen LogP contribution is -2.61. The molecule has 0 aliphatic carbocycles. The molecule has 3 aliphatic rings. The summed E-state index contributed by atoms with van der Waals surface area (Å²) in [6.07, 6.45) is 0.